The van der Waals surface area contributed by atoms with E-state index in [-0.39, 0.29) is 5.91 Å². The lowest BCUT2D eigenvalue weighted by Crippen LogP contribution is -2.39. The smallest absolute Gasteiger partial charge is 0.263 e. The first-order chi connectivity index (χ1) is 9.10. The molecule has 0 aromatic heterocycles. The maximum Gasteiger partial charge on any atom is 0.263 e. The first-order valence-corrected chi connectivity index (χ1v) is 6.37. The normalized spacial score (nSPS) is 20.2. The number of carbonyl (C=O) groups is 1. The molecular weight excluding hydrogens is 246 g/mol. The molecule has 2 atom stereocenters. The lowest BCUT2D eigenvalue weighted by atomic mass is 10.3. The van der Waals surface area contributed by atoms with E-state index in [1.165, 1.54) is 0 Å². The van der Waals surface area contributed by atoms with E-state index in [1.807, 2.05) is 0 Å². The van der Waals surface area contributed by atoms with Crippen molar-refractivity contribution in [1.82, 2.24) is 4.90 Å². The van der Waals surface area contributed by atoms with Gasteiger partial charge in [-0.25, -0.2) is 0 Å². The Balaban J connectivity index is 1.92. The molecule has 0 radical (unpaired) electrons. The van der Waals surface area contributed by atoms with Gasteiger partial charge in [0.2, 0.25) is 0 Å². The fraction of sp³-hybridized carbons (Fsp3) is 0.500. The summed E-state index contributed by atoms with van der Waals surface area (Å²) >= 11 is 0. The molecule has 0 bridgehead atoms. The van der Waals surface area contributed by atoms with Crippen molar-refractivity contribution in [3.05, 3.63) is 24.3 Å². The topological polar surface area (TPSA) is 59.0 Å². The summed E-state index contributed by atoms with van der Waals surface area (Å²) in [6.07, 6.45) is -0.322. The van der Waals surface area contributed by atoms with E-state index < -0.39 is 12.2 Å². The van der Waals surface area contributed by atoms with Crippen LogP contribution in [0.5, 0.6) is 11.5 Å². The van der Waals surface area contributed by atoms with Gasteiger partial charge < -0.3 is 19.5 Å². The molecule has 1 N–H and O–H groups in total. The van der Waals surface area contributed by atoms with Crippen LogP contribution in [-0.2, 0) is 4.79 Å². The highest BCUT2D eigenvalue weighted by Gasteiger charge is 2.28. The SMILES string of the molecule is COc1ccc(OC(C)C(=O)N2CC[C@H](O)C2)cc1. The molecule has 104 valence electrons. The van der Waals surface area contributed by atoms with Gasteiger partial charge in [-0.2, -0.15) is 0 Å². The molecule has 1 aliphatic rings. The van der Waals surface area contributed by atoms with Crippen LogP contribution < -0.4 is 9.47 Å². The highest BCUT2D eigenvalue weighted by Crippen LogP contribution is 2.19. The molecule has 2 rings (SSSR count). The molecule has 1 amide bonds. The number of β-amino-alcohol motifs (C(OH)–C–C–N with tert-alkyl or cyclic N) is 1. The van der Waals surface area contributed by atoms with Crippen molar-refractivity contribution in [1.29, 1.82) is 0 Å². The predicted octanol–water partition coefficient (Wildman–Crippen LogP) is 1.06. The fourth-order valence-corrected chi connectivity index (χ4v) is 2.11. The Hall–Kier alpha value is -1.75. The third-order valence-corrected chi connectivity index (χ3v) is 3.20. The second-order valence-corrected chi connectivity index (χ2v) is 4.66. The van der Waals surface area contributed by atoms with Crippen LogP contribution in [0.1, 0.15) is 13.3 Å². The number of aliphatic hydroxyl groups excluding tert-OH is 1. The van der Waals surface area contributed by atoms with Crippen LogP contribution in [0.2, 0.25) is 0 Å². The van der Waals surface area contributed by atoms with Crippen molar-refractivity contribution >= 4 is 5.91 Å². The highest BCUT2D eigenvalue weighted by atomic mass is 16.5. The Bertz CT molecular complexity index is 432. The lowest BCUT2D eigenvalue weighted by molar-refractivity contribution is -0.137. The van der Waals surface area contributed by atoms with Crippen molar-refractivity contribution in [2.24, 2.45) is 0 Å². The number of hydrogen-bond donors (Lipinski definition) is 1. The first kappa shape index (κ1) is 13.7. The van der Waals surface area contributed by atoms with Crippen LogP contribution in [0.25, 0.3) is 0 Å². The van der Waals surface area contributed by atoms with E-state index in [4.69, 9.17) is 9.47 Å². The van der Waals surface area contributed by atoms with Crippen LogP contribution in [0, 0.1) is 0 Å². The molecule has 1 fully saturated rings. The predicted molar refractivity (Wildman–Crippen MR) is 70.3 cm³/mol. The van der Waals surface area contributed by atoms with E-state index in [0.717, 1.165) is 5.75 Å². The molecule has 0 spiro atoms. The van der Waals surface area contributed by atoms with E-state index in [1.54, 1.807) is 43.2 Å². The zero-order chi connectivity index (χ0) is 13.8. The second-order valence-electron chi connectivity index (χ2n) is 4.66. The van der Waals surface area contributed by atoms with E-state index in [2.05, 4.69) is 0 Å². The Labute approximate surface area is 112 Å². The Morgan fingerprint density at radius 3 is 2.53 bits per heavy atom. The maximum absolute atomic E-state index is 12.1. The van der Waals surface area contributed by atoms with Gasteiger partial charge >= 0.3 is 0 Å². The third-order valence-electron chi connectivity index (χ3n) is 3.20. The average molecular weight is 265 g/mol. The van der Waals surface area contributed by atoms with E-state index >= 15 is 0 Å². The fourth-order valence-electron chi connectivity index (χ4n) is 2.11. The molecule has 1 saturated heterocycles. The van der Waals surface area contributed by atoms with Crippen molar-refractivity contribution in [2.45, 2.75) is 25.6 Å². The minimum atomic E-state index is -0.557. The third kappa shape index (κ3) is 3.38. The van der Waals surface area contributed by atoms with Crippen molar-refractivity contribution in [3.8, 4) is 11.5 Å². The summed E-state index contributed by atoms with van der Waals surface area (Å²) in [4.78, 5) is 13.7. The molecule has 1 aromatic carbocycles. The number of benzene rings is 1. The number of aliphatic hydroxyl groups is 1. The summed E-state index contributed by atoms with van der Waals surface area (Å²) in [7, 11) is 1.60. The van der Waals surface area contributed by atoms with Gasteiger partial charge in [0, 0.05) is 13.1 Å². The van der Waals surface area contributed by atoms with Crippen LogP contribution in [-0.4, -0.2) is 48.3 Å². The number of nitrogens with zero attached hydrogens (tertiary/aromatic N) is 1. The molecule has 0 aliphatic carbocycles. The maximum atomic E-state index is 12.1. The van der Waals surface area contributed by atoms with Crippen LogP contribution in [0.15, 0.2) is 24.3 Å². The zero-order valence-electron chi connectivity index (χ0n) is 11.2. The van der Waals surface area contributed by atoms with Gasteiger partial charge in [0.1, 0.15) is 11.5 Å². The number of hydrogen-bond acceptors (Lipinski definition) is 4. The summed E-state index contributed by atoms with van der Waals surface area (Å²) in [6.45, 7) is 2.71. The van der Waals surface area contributed by atoms with Crippen molar-refractivity contribution in [3.63, 3.8) is 0 Å². The molecule has 19 heavy (non-hydrogen) atoms. The summed E-state index contributed by atoms with van der Waals surface area (Å²) in [5.74, 6) is 1.28. The van der Waals surface area contributed by atoms with Crippen LogP contribution >= 0.6 is 0 Å². The Morgan fingerprint density at radius 1 is 1.37 bits per heavy atom. The molecule has 1 heterocycles. The molecule has 0 saturated carbocycles. The van der Waals surface area contributed by atoms with Gasteiger partial charge in [0.05, 0.1) is 13.2 Å². The zero-order valence-corrected chi connectivity index (χ0v) is 11.2. The van der Waals surface area contributed by atoms with Crippen LogP contribution in [0.3, 0.4) is 0 Å². The summed E-state index contributed by atoms with van der Waals surface area (Å²) in [6, 6.07) is 7.10. The van der Waals surface area contributed by atoms with Crippen LogP contribution in [0.4, 0.5) is 0 Å². The number of ether oxygens (including phenoxy) is 2. The average Bonchev–Trinajstić information content (AvgIpc) is 2.85. The van der Waals surface area contributed by atoms with Crippen molar-refractivity contribution < 1.29 is 19.4 Å². The van der Waals surface area contributed by atoms with E-state index in [0.29, 0.717) is 25.3 Å². The molecule has 5 nitrogen and oxygen atoms in total. The minimum Gasteiger partial charge on any atom is -0.497 e. The molecule has 5 heteroatoms. The summed E-state index contributed by atoms with van der Waals surface area (Å²) in [5, 5.41) is 9.43. The number of amides is 1. The molecule has 1 unspecified atom stereocenters. The molecule has 1 aromatic rings. The lowest BCUT2D eigenvalue weighted by Gasteiger charge is -2.21. The monoisotopic (exact) mass is 265 g/mol. The number of methoxy groups -OCH3 is 1. The number of rotatable bonds is 4. The standard InChI is InChI=1S/C14H19NO4/c1-10(14(17)15-8-7-11(16)9-15)19-13-5-3-12(18-2)4-6-13/h3-6,10-11,16H,7-9H2,1-2H3/t10?,11-/m0/s1. The van der Waals surface area contributed by atoms with Crippen molar-refractivity contribution in [2.75, 3.05) is 20.2 Å². The number of likely N-dealkylation sites (tertiary alicyclic amines) is 1. The summed E-state index contributed by atoms with van der Waals surface area (Å²) < 4.78 is 10.7. The van der Waals surface area contributed by atoms with E-state index in [9.17, 15) is 9.90 Å². The Kier molecular flexibility index (Phi) is 4.27. The number of carbonyl (C=O) groups excluding carboxylic acids is 1. The van der Waals surface area contributed by atoms with Gasteiger partial charge in [-0.3, -0.25) is 4.79 Å². The molecular formula is C14H19NO4. The van der Waals surface area contributed by atoms with Gasteiger partial charge in [0.15, 0.2) is 6.10 Å². The van der Waals surface area contributed by atoms with Gasteiger partial charge in [-0.1, -0.05) is 0 Å². The van der Waals surface area contributed by atoms with Gasteiger partial charge in [-0.15, -0.1) is 0 Å². The first-order valence-electron chi connectivity index (χ1n) is 6.37. The Morgan fingerprint density at radius 2 is 2.00 bits per heavy atom. The van der Waals surface area contributed by atoms with Gasteiger partial charge in [0.25, 0.3) is 5.91 Å². The van der Waals surface area contributed by atoms with Gasteiger partial charge in [-0.05, 0) is 37.6 Å². The quantitative estimate of drug-likeness (QED) is 0.884. The molecule has 1 aliphatic heterocycles. The summed E-state index contributed by atoms with van der Waals surface area (Å²) in [5.41, 5.74) is 0. The largest absolute Gasteiger partial charge is 0.497 e. The highest BCUT2D eigenvalue weighted by molar-refractivity contribution is 5.81. The second kappa shape index (κ2) is 5.93. The minimum absolute atomic E-state index is 0.0904.